The van der Waals surface area contributed by atoms with E-state index in [1.807, 2.05) is 30.3 Å². The smallest absolute Gasteiger partial charge is 0.409 e. The van der Waals surface area contributed by atoms with Gasteiger partial charge >= 0.3 is 6.18 Å². The Kier molecular flexibility index (Phi) is 4.91. The lowest BCUT2D eigenvalue weighted by atomic mass is 10.2. The molecule has 0 aliphatic rings. The van der Waals surface area contributed by atoms with Crippen molar-refractivity contribution in [3.63, 3.8) is 0 Å². The van der Waals surface area contributed by atoms with Crippen molar-refractivity contribution in [3.8, 4) is 5.75 Å². The van der Waals surface area contributed by atoms with Gasteiger partial charge < -0.3 is 4.74 Å². The van der Waals surface area contributed by atoms with Gasteiger partial charge in [0.05, 0.1) is 5.02 Å². The minimum atomic E-state index is -4.34. The second kappa shape index (κ2) is 6.68. The lowest BCUT2D eigenvalue weighted by Gasteiger charge is -2.08. The Labute approximate surface area is 125 Å². The quantitative estimate of drug-likeness (QED) is 0.725. The molecular weight excluding hydrogens is 301 g/mol. The molecule has 0 spiro atoms. The van der Waals surface area contributed by atoms with Crippen LogP contribution in [0.1, 0.15) is 11.1 Å². The summed E-state index contributed by atoms with van der Waals surface area (Å²) >= 11 is 6.01. The fourth-order valence-electron chi connectivity index (χ4n) is 1.66. The maximum Gasteiger partial charge on any atom is 0.409 e. The number of rotatable bonds is 4. The Bertz CT molecular complexity index is 621. The molecular formula is C16H12ClF3O. The molecule has 0 bridgehead atoms. The predicted molar refractivity (Wildman–Crippen MR) is 77.3 cm³/mol. The number of hydrogen-bond acceptors (Lipinski definition) is 1. The van der Waals surface area contributed by atoms with Gasteiger partial charge in [-0.25, -0.2) is 0 Å². The maximum atomic E-state index is 12.1. The van der Waals surface area contributed by atoms with E-state index in [2.05, 4.69) is 0 Å². The van der Waals surface area contributed by atoms with Gasteiger partial charge in [-0.2, -0.15) is 13.2 Å². The molecule has 5 heteroatoms. The van der Waals surface area contributed by atoms with Crippen LogP contribution >= 0.6 is 11.6 Å². The monoisotopic (exact) mass is 312 g/mol. The first-order valence-electron chi connectivity index (χ1n) is 6.16. The van der Waals surface area contributed by atoms with Crippen LogP contribution in [0.3, 0.4) is 0 Å². The van der Waals surface area contributed by atoms with Crippen LogP contribution in [-0.4, -0.2) is 6.18 Å². The molecule has 21 heavy (non-hydrogen) atoms. The molecule has 1 nitrogen and oxygen atoms in total. The van der Waals surface area contributed by atoms with Gasteiger partial charge in [-0.05, 0) is 23.3 Å². The van der Waals surface area contributed by atoms with Crippen LogP contribution in [0.25, 0.3) is 6.08 Å². The minimum Gasteiger partial charge on any atom is -0.487 e. The third-order valence-corrected chi connectivity index (χ3v) is 2.95. The van der Waals surface area contributed by atoms with Crippen molar-refractivity contribution in [1.29, 1.82) is 0 Å². The van der Waals surface area contributed by atoms with Gasteiger partial charge in [-0.15, -0.1) is 0 Å². The predicted octanol–water partition coefficient (Wildman–Crippen LogP) is 5.49. The topological polar surface area (TPSA) is 9.23 Å². The third kappa shape index (κ3) is 5.16. The Balaban J connectivity index is 2.04. The van der Waals surface area contributed by atoms with Crippen molar-refractivity contribution < 1.29 is 17.9 Å². The zero-order valence-corrected chi connectivity index (χ0v) is 11.7. The van der Waals surface area contributed by atoms with E-state index >= 15 is 0 Å². The highest BCUT2D eigenvalue weighted by molar-refractivity contribution is 6.32. The number of allylic oxidation sites excluding steroid dienone is 1. The van der Waals surface area contributed by atoms with E-state index in [0.29, 0.717) is 17.9 Å². The highest BCUT2D eigenvalue weighted by Crippen LogP contribution is 2.27. The Morgan fingerprint density at radius 3 is 2.38 bits per heavy atom. The van der Waals surface area contributed by atoms with Gasteiger partial charge in [0.2, 0.25) is 0 Å². The number of hydrogen-bond donors (Lipinski definition) is 0. The first-order chi connectivity index (χ1) is 9.94. The summed E-state index contributed by atoms with van der Waals surface area (Å²) in [5.41, 5.74) is 1.35. The van der Waals surface area contributed by atoms with Crippen LogP contribution in [-0.2, 0) is 6.61 Å². The van der Waals surface area contributed by atoms with Crippen molar-refractivity contribution in [3.05, 3.63) is 70.8 Å². The summed E-state index contributed by atoms with van der Waals surface area (Å²) < 4.78 is 41.8. The molecule has 0 heterocycles. The summed E-state index contributed by atoms with van der Waals surface area (Å²) in [6.07, 6.45) is -3.20. The average Bonchev–Trinajstić information content (AvgIpc) is 2.44. The normalized spacial score (nSPS) is 11.8. The van der Waals surface area contributed by atoms with Crippen molar-refractivity contribution in [2.75, 3.05) is 0 Å². The molecule has 0 aliphatic heterocycles. The Hall–Kier alpha value is -1.94. The van der Waals surface area contributed by atoms with Gasteiger partial charge in [-0.1, -0.05) is 54.1 Å². The van der Waals surface area contributed by atoms with Crippen LogP contribution in [0.15, 0.2) is 54.6 Å². The first-order valence-corrected chi connectivity index (χ1v) is 6.54. The second-order valence-corrected chi connectivity index (χ2v) is 4.75. The lowest BCUT2D eigenvalue weighted by Crippen LogP contribution is -2.00. The minimum absolute atomic E-state index is 0.170. The largest absolute Gasteiger partial charge is 0.487 e. The van der Waals surface area contributed by atoms with E-state index in [1.165, 1.54) is 12.1 Å². The van der Waals surface area contributed by atoms with E-state index in [-0.39, 0.29) is 11.1 Å². The molecule has 0 fully saturated rings. The summed E-state index contributed by atoms with van der Waals surface area (Å²) in [7, 11) is 0. The molecule has 2 rings (SSSR count). The van der Waals surface area contributed by atoms with Gasteiger partial charge in [0.25, 0.3) is 0 Å². The number of ether oxygens (including phenoxy) is 1. The molecule has 0 radical (unpaired) electrons. The molecule has 0 aromatic heterocycles. The SMILES string of the molecule is FC(F)(F)/C=C\c1ccc(OCc2ccccc2)c(Cl)c1. The summed E-state index contributed by atoms with van der Waals surface area (Å²) in [6, 6.07) is 14.0. The molecule has 0 saturated carbocycles. The van der Waals surface area contributed by atoms with Crippen LogP contribution in [0, 0.1) is 0 Å². The molecule has 2 aromatic carbocycles. The molecule has 0 N–H and O–H groups in total. The molecule has 0 aliphatic carbocycles. The Morgan fingerprint density at radius 2 is 1.76 bits per heavy atom. The van der Waals surface area contributed by atoms with E-state index in [4.69, 9.17) is 16.3 Å². The molecule has 0 unspecified atom stereocenters. The maximum absolute atomic E-state index is 12.1. The zero-order chi connectivity index (χ0) is 15.3. The zero-order valence-electron chi connectivity index (χ0n) is 10.9. The van der Waals surface area contributed by atoms with E-state index in [0.717, 1.165) is 11.6 Å². The number of alkyl halides is 3. The molecule has 0 amide bonds. The highest BCUT2D eigenvalue weighted by Gasteiger charge is 2.21. The van der Waals surface area contributed by atoms with E-state index in [9.17, 15) is 13.2 Å². The van der Waals surface area contributed by atoms with Crippen LogP contribution in [0.4, 0.5) is 13.2 Å². The summed E-state index contributed by atoms with van der Waals surface area (Å²) in [5, 5.41) is 0.273. The molecule has 2 aromatic rings. The fourth-order valence-corrected chi connectivity index (χ4v) is 1.91. The second-order valence-electron chi connectivity index (χ2n) is 4.34. The van der Waals surface area contributed by atoms with E-state index < -0.39 is 6.18 Å². The summed E-state index contributed by atoms with van der Waals surface area (Å²) in [6.45, 7) is 0.346. The number of benzene rings is 2. The molecule has 0 saturated heterocycles. The van der Waals surface area contributed by atoms with Gasteiger partial charge in [-0.3, -0.25) is 0 Å². The Morgan fingerprint density at radius 1 is 1.05 bits per heavy atom. The number of halogens is 4. The van der Waals surface area contributed by atoms with Crippen molar-refractivity contribution >= 4 is 17.7 Å². The standard InChI is InChI=1S/C16H12ClF3O/c17-14-10-12(8-9-16(18,19)20)6-7-15(14)21-11-13-4-2-1-3-5-13/h1-10H,11H2/b9-8-. The van der Waals surface area contributed by atoms with Gasteiger partial charge in [0.15, 0.2) is 0 Å². The van der Waals surface area contributed by atoms with E-state index in [1.54, 1.807) is 6.07 Å². The summed E-state index contributed by atoms with van der Waals surface area (Å²) in [5.74, 6) is 0.435. The summed E-state index contributed by atoms with van der Waals surface area (Å²) in [4.78, 5) is 0. The van der Waals surface area contributed by atoms with Crippen molar-refractivity contribution in [2.45, 2.75) is 12.8 Å². The first kappa shape index (κ1) is 15.4. The van der Waals surface area contributed by atoms with Crippen LogP contribution in [0.5, 0.6) is 5.75 Å². The molecule has 0 atom stereocenters. The molecule has 110 valence electrons. The van der Waals surface area contributed by atoms with Gasteiger partial charge in [0, 0.05) is 6.08 Å². The fraction of sp³-hybridized carbons (Fsp3) is 0.125. The van der Waals surface area contributed by atoms with Crippen molar-refractivity contribution in [2.24, 2.45) is 0 Å². The third-order valence-electron chi connectivity index (χ3n) is 2.66. The highest BCUT2D eigenvalue weighted by atomic mass is 35.5. The van der Waals surface area contributed by atoms with Gasteiger partial charge in [0.1, 0.15) is 12.4 Å². The van der Waals surface area contributed by atoms with Crippen LogP contribution < -0.4 is 4.74 Å². The van der Waals surface area contributed by atoms with Crippen LogP contribution in [0.2, 0.25) is 5.02 Å². The average molecular weight is 313 g/mol. The van der Waals surface area contributed by atoms with Crippen molar-refractivity contribution in [1.82, 2.24) is 0 Å². The lowest BCUT2D eigenvalue weighted by molar-refractivity contribution is -0.0790.